The van der Waals surface area contributed by atoms with E-state index in [4.69, 9.17) is 18.9 Å². The summed E-state index contributed by atoms with van der Waals surface area (Å²) >= 11 is 0. The van der Waals surface area contributed by atoms with Crippen LogP contribution in [0.5, 0.6) is 11.5 Å². The number of rotatable bonds is 10. The zero-order valence-electron chi connectivity index (χ0n) is 25.3. The highest BCUT2D eigenvalue weighted by Crippen LogP contribution is 2.48. The van der Waals surface area contributed by atoms with Crippen LogP contribution >= 0.6 is 0 Å². The van der Waals surface area contributed by atoms with E-state index in [1.807, 2.05) is 84.9 Å². The molecule has 6 rings (SSSR count). The molecule has 7 nitrogen and oxygen atoms in total. The molecule has 0 aromatic heterocycles. The molecule has 0 aliphatic carbocycles. The Kier molecular flexibility index (Phi) is 8.71. The smallest absolute Gasteiger partial charge is 0.303 e. The molecule has 2 saturated heterocycles. The first-order valence-electron chi connectivity index (χ1n) is 15.1. The minimum atomic E-state index is -1.09. The summed E-state index contributed by atoms with van der Waals surface area (Å²) in [5.41, 5.74) is 2.78. The van der Waals surface area contributed by atoms with Crippen molar-refractivity contribution in [2.75, 3.05) is 14.2 Å². The van der Waals surface area contributed by atoms with Crippen LogP contribution in [0.15, 0.2) is 109 Å². The third-order valence-corrected chi connectivity index (χ3v) is 8.96. The van der Waals surface area contributed by atoms with E-state index in [-0.39, 0.29) is 18.1 Å². The molecule has 2 bridgehead atoms. The van der Waals surface area contributed by atoms with Crippen LogP contribution in [0, 0.1) is 0 Å². The second-order valence-electron chi connectivity index (χ2n) is 11.6. The summed E-state index contributed by atoms with van der Waals surface area (Å²) in [6.45, 7) is 2.10. The van der Waals surface area contributed by atoms with Crippen molar-refractivity contribution in [1.29, 1.82) is 0 Å². The van der Waals surface area contributed by atoms with E-state index >= 15 is 0 Å². The van der Waals surface area contributed by atoms with Crippen molar-refractivity contribution in [3.05, 3.63) is 131 Å². The van der Waals surface area contributed by atoms with Gasteiger partial charge in [-0.2, -0.15) is 0 Å². The largest absolute Gasteiger partial charge is 0.497 e. The predicted octanol–water partition coefficient (Wildman–Crippen LogP) is 5.72. The number of aliphatic hydroxyl groups excluding tert-OH is 1. The average Bonchev–Trinajstić information content (AvgIpc) is 3.21. The van der Waals surface area contributed by atoms with Gasteiger partial charge in [0.05, 0.1) is 26.4 Å². The molecule has 0 spiro atoms. The zero-order valence-corrected chi connectivity index (χ0v) is 25.3. The van der Waals surface area contributed by atoms with Crippen molar-refractivity contribution in [2.45, 2.75) is 62.3 Å². The zero-order chi connectivity index (χ0) is 30.7. The van der Waals surface area contributed by atoms with Gasteiger partial charge >= 0.3 is 5.97 Å². The molecule has 5 atom stereocenters. The van der Waals surface area contributed by atoms with Crippen molar-refractivity contribution in [2.24, 2.45) is 0 Å². The molecule has 0 radical (unpaired) electrons. The first kappa shape index (κ1) is 29.9. The first-order chi connectivity index (χ1) is 21.4. The number of piperidine rings is 1. The Morgan fingerprint density at radius 3 is 1.70 bits per heavy atom. The van der Waals surface area contributed by atoms with Gasteiger partial charge in [-0.25, -0.2) is 0 Å². The van der Waals surface area contributed by atoms with Crippen molar-refractivity contribution >= 4 is 5.97 Å². The molecule has 2 heterocycles. The summed E-state index contributed by atoms with van der Waals surface area (Å²) in [6, 6.07) is 35.8. The quantitative estimate of drug-likeness (QED) is 0.186. The highest BCUT2D eigenvalue weighted by molar-refractivity contribution is 5.66. The highest BCUT2D eigenvalue weighted by Gasteiger charge is 2.58. The molecular formula is C37H39NO6. The Morgan fingerprint density at radius 2 is 1.20 bits per heavy atom. The van der Waals surface area contributed by atoms with Gasteiger partial charge < -0.3 is 24.1 Å². The Balaban J connectivity index is 1.53. The van der Waals surface area contributed by atoms with Crippen LogP contribution < -0.4 is 9.47 Å². The third kappa shape index (κ3) is 5.71. The number of benzene rings is 4. The summed E-state index contributed by atoms with van der Waals surface area (Å²) < 4.78 is 24.7. The number of aliphatic hydroxyl groups is 1. The third-order valence-electron chi connectivity index (χ3n) is 8.96. The van der Waals surface area contributed by atoms with Gasteiger partial charge in [0.1, 0.15) is 29.3 Å². The number of nitrogens with zero attached hydrogens (tertiary/aromatic N) is 1. The summed E-state index contributed by atoms with van der Waals surface area (Å²) in [5, 5.41) is 11.1. The van der Waals surface area contributed by atoms with Gasteiger partial charge in [0.15, 0.2) is 0 Å². The standard InChI is InChI=1S/C37H39NO6/c1-25(39)43-35-33-22-30(40)23-34(38(33)24-26-10-6-4-7-11-26)36(35)44-37(27-12-8-5-9-13-27,28-14-18-31(41-2)19-15-28)29-16-20-32(42-3)21-17-29/h4-21,30,33-36,40H,22-24H2,1-3H3/t30?,33-,34+,35-,36+/m0/s1. The molecule has 7 heteroatoms. The van der Waals surface area contributed by atoms with Gasteiger partial charge in [-0.1, -0.05) is 84.9 Å². The minimum absolute atomic E-state index is 0.201. The second kappa shape index (κ2) is 12.8. The fourth-order valence-electron chi connectivity index (χ4n) is 7.00. The lowest BCUT2D eigenvalue weighted by molar-refractivity contribution is -0.160. The maximum Gasteiger partial charge on any atom is 0.303 e. The molecule has 2 aliphatic heterocycles. The molecule has 4 aromatic rings. The van der Waals surface area contributed by atoms with Crippen LogP contribution in [0.2, 0.25) is 0 Å². The van der Waals surface area contributed by atoms with E-state index in [1.165, 1.54) is 6.92 Å². The topological polar surface area (TPSA) is 77.5 Å². The molecule has 44 heavy (non-hydrogen) atoms. The SMILES string of the molecule is COc1ccc(C(O[C@H]2[C@@H](OC(C)=O)[C@@H]3CC(O)C[C@H]2N3Cc2ccccc2)(c2ccccc2)c2ccc(OC)cc2)cc1. The molecule has 4 aromatic carbocycles. The van der Waals surface area contributed by atoms with Crippen LogP contribution in [0.1, 0.15) is 42.0 Å². The van der Waals surface area contributed by atoms with Gasteiger partial charge in [0.25, 0.3) is 0 Å². The summed E-state index contributed by atoms with van der Waals surface area (Å²) in [6.07, 6.45) is -0.671. The molecule has 1 N–H and O–H groups in total. The molecule has 0 saturated carbocycles. The van der Waals surface area contributed by atoms with Crippen LogP contribution in [0.25, 0.3) is 0 Å². The molecule has 2 fully saturated rings. The maximum absolute atomic E-state index is 12.6. The van der Waals surface area contributed by atoms with E-state index in [2.05, 4.69) is 29.2 Å². The van der Waals surface area contributed by atoms with Crippen molar-refractivity contribution in [3.8, 4) is 11.5 Å². The molecule has 0 amide bonds. The Hall–Kier alpha value is -4.17. The normalized spacial score (nSPS) is 23.2. The molecule has 2 aliphatic rings. The minimum Gasteiger partial charge on any atom is -0.497 e. The van der Waals surface area contributed by atoms with E-state index in [9.17, 15) is 9.90 Å². The summed E-state index contributed by atoms with van der Waals surface area (Å²) in [7, 11) is 3.29. The van der Waals surface area contributed by atoms with E-state index in [1.54, 1.807) is 14.2 Å². The van der Waals surface area contributed by atoms with Crippen LogP contribution in [-0.4, -0.2) is 60.6 Å². The monoisotopic (exact) mass is 593 g/mol. The van der Waals surface area contributed by atoms with Crippen LogP contribution in [0.3, 0.4) is 0 Å². The van der Waals surface area contributed by atoms with E-state index < -0.39 is 23.9 Å². The number of hydrogen-bond donors (Lipinski definition) is 1. The lowest BCUT2D eigenvalue weighted by Gasteiger charge is -2.41. The van der Waals surface area contributed by atoms with Crippen LogP contribution in [-0.2, 0) is 26.4 Å². The number of esters is 1. The fourth-order valence-corrected chi connectivity index (χ4v) is 7.00. The van der Waals surface area contributed by atoms with Crippen molar-refractivity contribution in [1.82, 2.24) is 4.90 Å². The Morgan fingerprint density at radius 1 is 0.727 bits per heavy atom. The van der Waals surface area contributed by atoms with Crippen molar-refractivity contribution < 1.29 is 28.8 Å². The van der Waals surface area contributed by atoms with Gasteiger partial charge in [-0.3, -0.25) is 9.69 Å². The Bertz CT molecular complexity index is 1480. The average molecular weight is 594 g/mol. The Labute approximate surface area is 259 Å². The number of methoxy groups -OCH3 is 2. The lowest BCUT2D eigenvalue weighted by Crippen LogP contribution is -2.48. The molecule has 228 valence electrons. The molecule has 1 unspecified atom stereocenters. The fraction of sp³-hybridized carbons (Fsp3) is 0.324. The first-order valence-corrected chi connectivity index (χ1v) is 15.1. The van der Waals surface area contributed by atoms with Gasteiger partial charge in [0, 0.05) is 19.5 Å². The number of ether oxygens (including phenoxy) is 4. The predicted molar refractivity (Wildman–Crippen MR) is 168 cm³/mol. The summed E-state index contributed by atoms with van der Waals surface area (Å²) in [4.78, 5) is 15.0. The summed E-state index contributed by atoms with van der Waals surface area (Å²) in [5.74, 6) is 1.10. The van der Waals surface area contributed by atoms with Gasteiger partial charge in [-0.05, 0) is 59.4 Å². The van der Waals surface area contributed by atoms with E-state index in [0.29, 0.717) is 19.4 Å². The second-order valence-corrected chi connectivity index (χ2v) is 11.6. The number of carbonyl (C=O) groups is 1. The van der Waals surface area contributed by atoms with Crippen LogP contribution in [0.4, 0.5) is 0 Å². The number of hydrogen-bond acceptors (Lipinski definition) is 7. The van der Waals surface area contributed by atoms with Crippen molar-refractivity contribution in [3.63, 3.8) is 0 Å². The van der Waals surface area contributed by atoms with Gasteiger partial charge in [-0.15, -0.1) is 0 Å². The van der Waals surface area contributed by atoms with E-state index in [0.717, 1.165) is 33.8 Å². The number of carbonyl (C=O) groups excluding carboxylic acids is 1. The number of fused-ring (bicyclic) bond motifs is 2. The maximum atomic E-state index is 12.6. The highest BCUT2D eigenvalue weighted by atomic mass is 16.6. The van der Waals surface area contributed by atoms with Gasteiger partial charge in [0.2, 0.25) is 0 Å². The lowest BCUT2D eigenvalue weighted by atomic mass is 9.79. The molecular weight excluding hydrogens is 554 g/mol.